The number of carbonyl (C=O) groups excluding carboxylic acids is 1. The first-order valence-corrected chi connectivity index (χ1v) is 8.84. The van der Waals surface area contributed by atoms with Crippen LogP contribution in [0.2, 0.25) is 0 Å². The summed E-state index contributed by atoms with van der Waals surface area (Å²) in [7, 11) is 0. The summed E-state index contributed by atoms with van der Waals surface area (Å²) in [5.74, 6) is 0.154. The molecule has 1 aromatic rings. The number of hydrogen-bond donors (Lipinski definition) is 3. The molecule has 1 saturated heterocycles. The normalized spacial score (nSPS) is 26.0. The maximum atomic E-state index is 12.3. The Hall–Kier alpha value is -0.910. The summed E-state index contributed by atoms with van der Waals surface area (Å²) < 4.78 is 0. The molecule has 116 valence electrons. The minimum absolute atomic E-state index is 0.0193. The third-order valence-corrected chi connectivity index (χ3v) is 5.79. The average Bonchev–Trinajstić information content (AvgIpc) is 3.03. The van der Waals surface area contributed by atoms with Crippen LogP contribution in [0.3, 0.4) is 0 Å². The molecular formula is C16H24N2O2S. The zero-order valence-corrected chi connectivity index (χ0v) is 13.2. The van der Waals surface area contributed by atoms with Gasteiger partial charge in [-0.05, 0) is 37.3 Å². The molecule has 5 heteroatoms. The lowest BCUT2D eigenvalue weighted by molar-refractivity contribution is 0.0931. The number of aliphatic hydroxyl groups excluding tert-OH is 1. The number of aryl methyl sites for hydroxylation is 2. The van der Waals surface area contributed by atoms with E-state index in [1.807, 2.05) is 0 Å². The molecule has 21 heavy (non-hydrogen) atoms. The second-order valence-corrected chi connectivity index (χ2v) is 7.31. The zero-order valence-electron chi connectivity index (χ0n) is 12.4. The van der Waals surface area contributed by atoms with E-state index in [4.69, 9.17) is 0 Å². The first kappa shape index (κ1) is 15.0. The highest BCUT2D eigenvalue weighted by Crippen LogP contribution is 2.28. The minimum Gasteiger partial charge on any atom is -0.391 e. The average molecular weight is 308 g/mol. The Morgan fingerprint density at radius 1 is 1.29 bits per heavy atom. The lowest BCUT2D eigenvalue weighted by Crippen LogP contribution is -2.34. The molecule has 1 aliphatic carbocycles. The van der Waals surface area contributed by atoms with Crippen LogP contribution in [0.4, 0.5) is 0 Å². The molecule has 1 fully saturated rings. The Morgan fingerprint density at radius 2 is 2.10 bits per heavy atom. The van der Waals surface area contributed by atoms with E-state index in [0.29, 0.717) is 13.1 Å². The van der Waals surface area contributed by atoms with Gasteiger partial charge in [-0.1, -0.05) is 12.8 Å². The van der Waals surface area contributed by atoms with Crippen molar-refractivity contribution in [2.24, 2.45) is 5.92 Å². The fourth-order valence-electron chi connectivity index (χ4n) is 3.19. The van der Waals surface area contributed by atoms with Gasteiger partial charge in [0.1, 0.15) is 0 Å². The van der Waals surface area contributed by atoms with Crippen molar-refractivity contribution in [1.82, 2.24) is 10.6 Å². The van der Waals surface area contributed by atoms with E-state index in [1.54, 1.807) is 11.3 Å². The molecule has 1 amide bonds. The van der Waals surface area contributed by atoms with Crippen molar-refractivity contribution in [3.63, 3.8) is 0 Å². The minimum atomic E-state index is -0.339. The lowest BCUT2D eigenvalue weighted by atomic mass is 10.00. The third-order valence-electron chi connectivity index (χ3n) is 4.55. The molecule has 0 bridgehead atoms. The van der Waals surface area contributed by atoms with Gasteiger partial charge in [-0.2, -0.15) is 0 Å². The van der Waals surface area contributed by atoms with Crippen LogP contribution in [0.15, 0.2) is 6.07 Å². The van der Waals surface area contributed by atoms with Gasteiger partial charge in [-0.3, -0.25) is 4.79 Å². The van der Waals surface area contributed by atoms with Crippen LogP contribution < -0.4 is 10.6 Å². The molecule has 2 aliphatic rings. The topological polar surface area (TPSA) is 61.4 Å². The van der Waals surface area contributed by atoms with E-state index < -0.39 is 0 Å². The van der Waals surface area contributed by atoms with Crippen LogP contribution in [0, 0.1) is 5.92 Å². The molecule has 2 unspecified atom stereocenters. The number of rotatable bonds is 3. The number of hydrogen-bond acceptors (Lipinski definition) is 4. The predicted octanol–water partition coefficient (Wildman–Crippen LogP) is 1.72. The Morgan fingerprint density at radius 3 is 2.86 bits per heavy atom. The molecular weight excluding hydrogens is 284 g/mol. The second kappa shape index (κ2) is 6.90. The summed E-state index contributed by atoms with van der Waals surface area (Å²) in [6.07, 6.45) is 7.01. The summed E-state index contributed by atoms with van der Waals surface area (Å²) in [5, 5.41) is 15.9. The van der Waals surface area contributed by atoms with Gasteiger partial charge >= 0.3 is 0 Å². The summed E-state index contributed by atoms with van der Waals surface area (Å²) in [6.45, 7) is 1.96. The van der Waals surface area contributed by atoms with E-state index in [9.17, 15) is 9.90 Å². The largest absolute Gasteiger partial charge is 0.391 e. The summed E-state index contributed by atoms with van der Waals surface area (Å²) >= 11 is 1.66. The molecule has 4 nitrogen and oxygen atoms in total. The highest BCUT2D eigenvalue weighted by molar-refractivity contribution is 7.14. The van der Waals surface area contributed by atoms with Gasteiger partial charge in [-0.25, -0.2) is 0 Å². The molecule has 0 spiro atoms. The van der Waals surface area contributed by atoms with Crippen molar-refractivity contribution in [3.05, 3.63) is 21.4 Å². The molecule has 2 heterocycles. The van der Waals surface area contributed by atoms with Crippen LogP contribution >= 0.6 is 11.3 Å². The molecule has 0 aromatic carbocycles. The number of β-amino-alcohol motifs (C(OH)–C–C–N with tert-alkyl or cyclic N) is 1. The molecule has 2 atom stereocenters. The first-order chi connectivity index (χ1) is 10.2. The van der Waals surface area contributed by atoms with Crippen LogP contribution in [0.5, 0.6) is 0 Å². The zero-order chi connectivity index (χ0) is 14.7. The smallest absolute Gasteiger partial charge is 0.261 e. The van der Waals surface area contributed by atoms with Crippen LogP contribution in [0.1, 0.15) is 45.8 Å². The quantitative estimate of drug-likeness (QED) is 0.797. The standard InChI is InChI=1S/C16H24N2O2S/c19-13-10-17-8-12(13)9-18-16(20)15-7-11-5-3-1-2-4-6-14(11)21-15/h7,12-13,17,19H,1-6,8-10H2,(H,18,20). The Labute approximate surface area is 129 Å². The van der Waals surface area contributed by atoms with Gasteiger partial charge in [-0.15, -0.1) is 11.3 Å². The van der Waals surface area contributed by atoms with Gasteiger partial charge in [0.25, 0.3) is 5.91 Å². The Balaban J connectivity index is 1.60. The highest BCUT2D eigenvalue weighted by Gasteiger charge is 2.25. The van der Waals surface area contributed by atoms with Crippen LogP contribution in [-0.2, 0) is 12.8 Å². The van der Waals surface area contributed by atoms with E-state index >= 15 is 0 Å². The van der Waals surface area contributed by atoms with Gasteiger partial charge in [0.2, 0.25) is 0 Å². The second-order valence-electron chi connectivity index (χ2n) is 6.17. The number of aliphatic hydroxyl groups is 1. The van der Waals surface area contributed by atoms with Gasteiger partial charge in [0, 0.05) is 30.4 Å². The van der Waals surface area contributed by atoms with E-state index in [1.165, 1.54) is 36.1 Å². The molecule has 0 radical (unpaired) electrons. The van der Waals surface area contributed by atoms with Crippen LogP contribution in [-0.4, -0.2) is 36.8 Å². The summed E-state index contributed by atoms with van der Waals surface area (Å²) in [5.41, 5.74) is 1.38. The number of thiophene rings is 1. The molecule has 3 N–H and O–H groups in total. The van der Waals surface area contributed by atoms with Crippen molar-refractivity contribution in [2.45, 2.75) is 44.6 Å². The number of fused-ring (bicyclic) bond motifs is 1. The van der Waals surface area contributed by atoms with Crippen LogP contribution in [0.25, 0.3) is 0 Å². The predicted molar refractivity (Wildman–Crippen MR) is 84.9 cm³/mol. The number of nitrogens with one attached hydrogen (secondary N) is 2. The van der Waals surface area contributed by atoms with Gasteiger partial charge in [0.15, 0.2) is 0 Å². The maximum absolute atomic E-state index is 12.3. The molecule has 1 aliphatic heterocycles. The number of carbonyl (C=O) groups is 1. The van der Waals surface area contributed by atoms with Crippen molar-refractivity contribution in [1.29, 1.82) is 0 Å². The van der Waals surface area contributed by atoms with Gasteiger partial charge < -0.3 is 15.7 Å². The third kappa shape index (κ3) is 3.65. The van der Waals surface area contributed by atoms with E-state index in [0.717, 1.165) is 24.3 Å². The highest BCUT2D eigenvalue weighted by atomic mass is 32.1. The fraction of sp³-hybridized carbons (Fsp3) is 0.688. The lowest BCUT2D eigenvalue weighted by Gasteiger charge is -2.13. The molecule has 0 saturated carbocycles. The maximum Gasteiger partial charge on any atom is 0.261 e. The first-order valence-electron chi connectivity index (χ1n) is 8.02. The summed E-state index contributed by atoms with van der Waals surface area (Å²) in [4.78, 5) is 14.5. The van der Waals surface area contributed by atoms with Crippen molar-refractivity contribution in [3.8, 4) is 0 Å². The molecule has 3 rings (SSSR count). The van der Waals surface area contributed by atoms with E-state index in [2.05, 4.69) is 16.7 Å². The van der Waals surface area contributed by atoms with E-state index in [-0.39, 0.29) is 17.9 Å². The van der Waals surface area contributed by atoms with Crippen molar-refractivity contribution in [2.75, 3.05) is 19.6 Å². The Kier molecular flexibility index (Phi) is 4.93. The fourth-order valence-corrected chi connectivity index (χ4v) is 4.36. The summed E-state index contributed by atoms with van der Waals surface area (Å²) in [6, 6.07) is 2.09. The number of amides is 1. The molecule has 1 aromatic heterocycles. The van der Waals surface area contributed by atoms with Crippen molar-refractivity contribution >= 4 is 17.2 Å². The monoisotopic (exact) mass is 308 g/mol. The van der Waals surface area contributed by atoms with Crippen molar-refractivity contribution < 1.29 is 9.90 Å². The van der Waals surface area contributed by atoms with Gasteiger partial charge in [0.05, 0.1) is 11.0 Å². The SMILES string of the molecule is O=C(NCC1CNCC1O)c1cc2c(s1)CCCCCC2. The Bertz CT molecular complexity index is 475.